The summed E-state index contributed by atoms with van der Waals surface area (Å²) < 4.78 is 11.4. The molecule has 2 aromatic carbocycles. The van der Waals surface area contributed by atoms with E-state index in [0.717, 1.165) is 63.3 Å². The van der Waals surface area contributed by atoms with Gasteiger partial charge < -0.3 is 19.3 Å². The lowest BCUT2D eigenvalue weighted by molar-refractivity contribution is 0.0122. The molecule has 0 N–H and O–H groups in total. The van der Waals surface area contributed by atoms with Crippen molar-refractivity contribution < 1.29 is 14.3 Å². The fraction of sp³-hybridized carbons (Fsp3) is 0.515. The van der Waals surface area contributed by atoms with Crippen molar-refractivity contribution in [1.82, 2.24) is 14.9 Å². The summed E-state index contributed by atoms with van der Waals surface area (Å²) in [4.78, 5) is 29.5. The first-order chi connectivity index (χ1) is 20.3. The van der Waals surface area contributed by atoms with Crippen LogP contribution >= 0.6 is 0 Å². The molecule has 4 heterocycles. The van der Waals surface area contributed by atoms with Crippen molar-refractivity contribution in [2.24, 2.45) is 0 Å². The number of unbranched alkanes of at least 4 members (excludes halogenated alkanes) is 1. The summed E-state index contributed by atoms with van der Waals surface area (Å²) in [5.74, 6) is 0.937. The number of amides is 1. The van der Waals surface area contributed by atoms with Crippen LogP contribution in [0.2, 0.25) is 0 Å². The first-order valence-corrected chi connectivity index (χ1v) is 15.1. The summed E-state index contributed by atoms with van der Waals surface area (Å²) in [7, 11) is 1.62. The smallest absolute Gasteiger partial charge is 0.410 e. The topological polar surface area (TPSA) is 94.8 Å². The molecule has 2 fully saturated rings. The van der Waals surface area contributed by atoms with E-state index < -0.39 is 5.60 Å². The number of hydrogen-bond donors (Lipinski definition) is 0. The monoisotopic (exact) mass is 568 g/mol. The highest BCUT2D eigenvalue weighted by atomic mass is 16.6. The molecule has 1 aromatic heterocycles. The van der Waals surface area contributed by atoms with Crippen LogP contribution in [-0.4, -0.2) is 65.4 Å². The fourth-order valence-electron chi connectivity index (χ4n) is 6.86. The third-order valence-electron chi connectivity index (χ3n) is 8.64. The Morgan fingerprint density at radius 2 is 1.81 bits per heavy atom. The van der Waals surface area contributed by atoms with Crippen LogP contribution in [0.3, 0.4) is 0 Å². The molecule has 42 heavy (non-hydrogen) atoms. The Morgan fingerprint density at radius 1 is 1.07 bits per heavy atom. The van der Waals surface area contributed by atoms with Gasteiger partial charge in [0.15, 0.2) is 0 Å². The lowest BCUT2D eigenvalue weighted by Gasteiger charge is -2.43. The zero-order valence-corrected chi connectivity index (χ0v) is 25.1. The maximum Gasteiger partial charge on any atom is 0.410 e. The standard InChI is InChI=1S/C33H40N6O3/c1-33(2,3)42-32(40)39-24-14-15-25(39)20-38(19-24)30-26-16-18-37(21-27(26)35-31(36-30)41-4)28-13-8-12-23-11-7-10-22(29(23)28)9-5-6-17-34/h7-8,10-13,24-25H,5-6,9,14-16,18-21H2,1-4H3. The highest BCUT2D eigenvalue weighted by molar-refractivity contribution is 5.97. The van der Waals surface area contributed by atoms with Crippen molar-refractivity contribution >= 4 is 28.4 Å². The Balaban J connectivity index is 1.28. The van der Waals surface area contributed by atoms with Crippen LogP contribution in [0.4, 0.5) is 16.3 Å². The summed E-state index contributed by atoms with van der Waals surface area (Å²) >= 11 is 0. The van der Waals surface area contributed by atoms with Gasteiger partial charge in [-0.05, 0) is 69.9 Å². The van der Waals surface area contributed by atoms with E-state index in [0.29, 0.717) is 19.0 Å². The van der Waals surface area contributed by atoms with Crippen LogP contribution in [0.25, 0.3) is 10.8 Å². The average molecular weight is 569 g/mol. The third-order valence-corrected chi connectivity index (χ3v) is 8.64. The molecule has 2 bridgehead atoms. The predicted octanol–water partition coefficient (Wildman–Crippen LogP) is 5.64. The number of carbonyl (C=O) groups is 1. The summed E-state index contributed by atoms with van der Waals surface area (Å²) in [6.07, 6.45) is 4.84. The van der Waals surface area contributed by atoms with Gasteiger partial charge in [-0.25, -0.2) is 4.79 Å². The van der Waals surface area contributed by atoms with Crippen molar-refractivity contribution in [3.8, 4) is 12.1 Å². The van der Waals surface area contributed by atoms with Gasteiger partial charge in [-0.3, -0.25) is 4.90 Å². The maximum atomic E-state index is 13.0. The molecule has 2 saturated heterocycles. The van der Waals surface area contributed by atoms with Gasteiger partial charge in [0.1, 0.15) is 11.4 Å². The molecule has 2 atom stereocenters. The highest BCUT2D eigenvalue weighted by Gasteiger charge is 2.45. The van der Waals surface area contributed by atoms with E-state index in [2.05, 4.69) is 52.3 Å². The van der Waals surface area contributed by atoms with Gasteiger partial charge in [0.05, 0.1) is 37.5 Å². The number of fused-ring (bicyclic) bond motifs is 4. The number of nitrogens with zero attached hydrogens (tertiary/aromatic N) is 6. The number of nitriles is 1. The summed E-state index contributed by atoms with van der Waals surface area (Å²) in [5.41, 5.74) is 4.13. The van der Waals surface area contributed by atoms with E-state index in [1.165, 1.54) is 27.6 Å². The second-order valence-corrected chi connectivity index (χ2v) is 12.6. The van der Waals surface area contributed by atoms with Crippen molar-refractivity contribution in [2.45, 2.75) is 83.5 Å². The number of piperazine rings is 1. The molecule has 9 heteroatoms. The van der Waals surface area contributed by atoms with Crippen molar-refractivity contribution in [3.05, 3.63) is 53.2 Å². The Hall–Kier alpha value is -4.06. The molecule has 0 aliphatic carbocycles. The van der Waals surface area contributed by atoms with Gasteiger partial charge in [0, 0.05) is 42.7 Å². The molecule has 1 amide bonds. The SMILES string of the molecule is COc1nc2c(c(N3CC4CCC(C3)N4C(=O)OC(C)(C)C)n1)CCN(c1cccc3cccc(CCCC#N)c13)C2. The van der Waals surface area contributed by atoms with E-state index in [9.17, 15) is 4.79 Å². The Labute approximate surface area is 248 Å². The van der Waals surface area contributed by atoms with Gasteiger partial charge in [0.25, 0.3) is 0 Å². The van der Waals surface area contributed by atoms with Gasteiger partial charge in [-0.1, -0.05) is 30.3 Å². The van der Waals surface area contributed by atoms with E-state index in [-0.39, 0.29) is 18.2 Å². The van der Waals surface area contributed by atoms with Gasteiger partial charge in [-0.15, -0.1) is 0 Å². The molecule has 0 saturated carbocycles. The number of ether oxygens (including phenoxy) is 2. The second-order valence-electron chi connectivity index (χ2n) is 12.6. The van der Waals surface area contributed by atoms with Gasteiger partial charge in [-0.2, -0.15) is 15.2 Å². The van der Waals surface area contributed by atoms with Crippen LogP contribution in [0.15, 0.2) is 36.4 Å². The maximum absolute atomic E-state index is 13.0. The van der Waals surface area contributed by atoms with Crippen LogP contribution in [0.1, 0.15) is 63.3 Å². The number of hydrogen-bond acceptors (Lipinski definition) is 8. The van der Waals surface area contributed by atoms with Crippen molar-refractivity contribution in [2.75, 3.05) is 36.5 Å². The highest BCUT2D eigenvalue weighted by Crippen LogP contribution is 2.39. The van der Waals surface area contributed by atoms with Gasteiger partial charge >= 0.3 is 12.1 Å². The molecule has 6 rings (SSSR count). The first-order valence-electron chi connectivity index (χ1n) is 15.1. The zero-order chi connectivity index (χ0) is 29.4. The molecular formula is C33H40N6O3. The number of carbonyl (C=O) groups excluding carboxylic acids is 1. The quantitative estimate of drug-likeness (QED) is 0.353. The third kappa shape index (κ3) is 5.42. The van der Waals surface area contributed by atoms with Crippen molar-refractivity contribution in [1.29, 1.82) is 5.26 Å². The van der Waals surface area contributed by atoms with Crippen LogP contribution in [-0.2, 0) is 24.1 Å². The number of anilines is 2. The first kappa shape index (κ1) is 28.1. The molecule has 3 aromatic rings. The Kier molecular flexibility index (Phi) is 7.56. The largest absolute Gasteiger partial charge is 0.467 e. The number of methoxy groups -OCH3 is 1. The summed E-state index contributed by atoms with van der Waals surface area (Å²) in [6.45, 7) is 8.71. The minimum absolute atomic E-state index is 0.102. The average Bonchev–Trinajstić information content (AvgIpc) is 3.24. The summed E-state index contributed by atoms with van der Waals surface area (Å²) in [6, 6.07) is 15.8. The molecule has 2 unspecified atom stereocenters. The Bertz CT molecular complexity index is 1510. The molecule has 0 spiro atoms. The zero-order valence-electron chi connectivity index (χ0n) is 25.1. The second kappa shape index (κ2) is 11.3. The Morgan fingerprint density at radius 3 is 2.50 bits per heavy atom. The van der Waals surface area contributed by atoms with Gasteiger partial charge in [0.2, 0.25) is 0 Å². The predicted molar refractivity (Wildman–Crippen MR) is 163 cm³/mol. The van der Waals surface area contributed by atoms with Crippen molar-refractivity contribution in [3.63, 3.8) is 0 Å². The molecule has 3 aliphatic rings. The minimum Gasteiger partial charge on any atom is -0.467 e. The van der Waals surface area contributed by atoms with Crippen LogP contribution in [0, 0.1) is 11.3 Å². The van der Waals surface area contributed by atoms with E-state index >= 15 is 0 Å². The number of aryl methyl sites for hydroxylation is 1. The lowest BCUT2D eigenvalue weighted by Crippen LogP contribution is -2.57. The van der Waals surface area contributed by atoms with E-state index in [1.54, 1.807) is 7.11 Å². The molecule has 0 radical (unpaired) electrons. The normalized spacial score (nSPS) is 19.9. The van der Waals surface area contributed by atoms with E-state index in [4.69, 9.17) is 24.7 Å². The number of benzene rings is 2. The molecule has 220 valence electrons. The number of rotatable bonds is 6. The molecular weight excluding hydrogens is 528 g/mol. The lowest BCUT2D eigenvalue weighted by atomic mass is 9.96. The van der Waals surface area contributed by atoms with Crippen LogP contribution in [0.5, 0.6) is 6.01 Å². The molecule has 9 nitrogen and oxygen atoms in total. The number of aromatic nitrogens is 2. The molecule has 3 aliphatic heterocycles. The van der Waals surface area contributed by atoms with E-state index in [1.807, 2.05) is 25.7 Å². The fourth-order valence-corrected chi connectivity index (χ4v) is 6.86. The summed E-state index contributed by atoms with van der Waals surface area (Å²) in [5, 5.41) is 11.5. The minimum atomic E-state index is -0.514. The van der Waals surface area contributed by atoms with Crippen LogP contribution < -0.4 is 14.5 Å².